The second-order valence-electron chi connectivity index (χ2n) is 3.97. The fourth-order valence-electron chi connectivity index (χ4n) is 1.34. The summed E-state index contributed by atoms with van der Waals surface area (Å²) < 4.78 is 10.4. The Kier molecular flexibility index (Phi) is 6.41. The highest BCUT2D eigenvalue weighted by atomic mass is 16.5. The molecular formula is C13H19NO3. The molecule has 94 valence electrons. The molecule has 4 heteroatoms. The van der Waals surface area contributed by atoms with Gasteiger partial charge in [-0.2, -0.15) is 0 Å². The Bertz CT molecular complexity index is 329. The van der Waals surface area contributed by atoms with Crippen LogP contribution >= 0.6 is 0 Å². The molecule has 2 unspecified atom stereocenters. The summed E-state index contributed by atoms with van der Waals surface area (Å²) in [5, 5.41) is 12.8. The van der Waals surface area contributed by atoms with E-state index >= 15 is 0 Å². The Morgan fingerprint density at radius 1 is 1.65 bits per heavy atom. The van der Waals surface area contributed by atoms with Crippen LogP contribution in [-0.2, 0) is 11.3 Å². The van der Waals surface area contributed by atoms with Crippen LogP contribution in [0.5, 0.6) is 0 Å². The molecule has 1 aromatic rings. The predicted octanol–water partition coefficient (Wildman–Crippen LogP) is 1.16. The van der Waals surface area contributed by atoms with Crippen molar-refractivity contribution in [1.29, 1.82) is 0 Å². The lowest BCUT2D eigenvalue weighted by Gasteiger charge is -2.15. The molecule has 0 saturated carbocycles. The summed E-state index contributed by atoms with van der Waals surface area (Å²) in [5.74, 6) is 3.32. The predicted molar refractivity (Wildman–Crippen MR) is 65.3 cm³/mol. The van der Waals surface area contributed by atoms with E-state index in [-0.39, 0.29) is 12.6 Å². The zero-order chi connectivity index (χ0) is 12.5. The monoisotopic (exact) mass is 237 g/mol. The lowest BCUT2D eigenvalue weighted by atomic mass is 10.2. The third-order valence-corrected chi connectivity index (χ3v) is 2.26. The minimum Gasteiger partial charge on any atom is -0.467 e. The van der Waals surface area contributed by atoms with Gasteiger partial charge in [0.1, 0.15) is 12.4 Å². The summed E-state index contributed by atoms with van der Waals surface area (Å²) >= 11 is 0. The highest BCUT2D eigenvalue weighted by molar-refractivity contribution is 4.96. The van der Waals surface area contributed by atoms with Crippen LogP contribution in [-0.4, -0.2) is 30.4 Å². The molecule has 2 atom stereocenters. The molecule has 0 bridgehead atoms. The number of furan rings is 1. The van der Waals surface area contributed by atoms with E-state index < -0.39 is 6.10 Å². The van der Waals surface area contributed by atoms with Gasteiger partial charge in [-0.3, -0.25) is 0 Å². The largest absolute Gasteiger partial charge is 0.467 e. The van der Waals surface area contributed by atoms with Gasteiger partial charge in [0.2, 0.25) is 0 Å². The van der Waals surface area contributed by atoms with Crippen LogP contribution in [0.25, 0.3) is 0 Å². The first-order valence-electron chi connectivity index (χ1n) is 5.67. The molecule has 1 rings (SSSR count). The summed E-state index contributed by atoms with van der Waals surface area (Å²) in [5.41, 5.74) is 0. The first-order valence-corrected chi connectivity index (χ1v) is 5.67. The van der Waals surface area contributed by atoms with E-state index in [2.05, 4.69) is 11.2 Å². The molecule has 0 aliphatic carbocycles. The maximum absolute atomic E-state index is 9.63. The summed E-state index contributed by atoms with van der Waals surface area (Å²) in [4.78, 5) is 0. The maximum atomic E-state index is 9.63. The Hall–Kier alpha value is -1.28. The molecule has 0 fully saturated rings. The minimum atomic E-state index is -0.537. The van der Waals surface area contributed by atoms with E-state index in [1.165, 1.54) is 0 Å². The zero-order valence-corrected chi connectivity index (χ0v) is 10.1. The van der Waals surface area contributed by atoms with Gasteiger partial charge in [-0.25, -0.2) is 0 Å². The molecule has 0 saturated heterocycles. The average molecular weight is 237 g/mol. The number of rotatable bonds is 8. The van der Waals surface area contributed by atoms with Crippen molar-refractivity contribution in [2.75, 3.05) is 13.2 Å². The smallest absolute Gasteiger partial charge is 0.129 e. The quantitative estimate of drug-likeness (QED) is 0.666. The first-order chi connectivity index (χ1) is 8.22. The summed E-state index contributed by atoms with van der Waals surface area (Å²) in [7, 11) is 0. The number of aliphatic hydroxyl groups excluding tert-OH is 1. The lowest BCUT2D eigenvalue weighted by Crippen LogP contribution is -2.35. The maximum Gasteiger partial charge on any atom is 0.129 e. The molecule has 0 amide bonds. The standard InChI is InChI=1S/C13H19NO3/c1-3-5-11(2)14-8-12(15)9-16-10-13-6-4-7-17-13/h1,4,6-7,11-12,14-15H,5,8-10H2,2H3. The summed E-state index contributed by atoms with van der Waals surface area (Å²) in [6.45, 7) is 3.11. The second kappa shape index (κ2) is 7.91. The van der Waals surface area contributed by atoms with Crippen molar-refractivity contribution in [3.8, 4) is 12.3 Å². The van der Waals surface area contributed by atoms with Gasteiger partial charge in [0.25, 0.3) is 0 Å². The van der Waals surface area contributed by atoms with E-state index in [0.29, 0.717) is 19.6 Å². The van der Waals surface area contributed by atoms with Gasteiger partial charge in [-0.1, -0.05) is 0 Å². The van der Waals surface area contributed by atoms with E-state index in [1.807, 2.05) is 13.0 Å². The number of hydrogen-bond donors (Lipinski definition) is 2. The summed E-state index contributed by atoms with van der Waals surface area (Å²) in [6, 6.07) is 3.84. The number of terminal acetylenes is 1. The Morgan fingerprint density at radius 3 is 3.12 bits per heavy atom. The van der Waals surface area contributed by atoms with Gasteiger partial charge in [-0.05, 0) is 19.1 Å². The molecule has 0 aromatic carbocycles. The molecule has 2 N–H and O–H groups in total. The van der Waals surface area contributed by atoms with E-state index in [4.69, 9.17) is 15.6 Å². The van der Waals surface area contributed by atoms with E-state index in [0.717, 1.165) is 5.76 Å². The van der Waals surface area contributed by atoms with Gasteiger partial charge < -0.3 is 19.6 Å². The third kappa shape index (κ3) is 6.12. The molecule has 1 heterocycles. The molecule has 1 aromatic heterocycles. The highest BCUT2D eigenvalue weighted by Gasteiger charge is 2.07. The van der Waals surface area contributed by atoms with Gasteiger partial charge in [0, 0.05) is 19.0 Å². The SMILES string of the molecule is C#CCC(C)NCC(O)COCc1ccco1. The lowest BCUT2D eigenvalue weighted by molar-refractivity contribution is 0.0218. The topological polar surface area (TPSA) is 54.6 Å². The summed E-state index contributed by atoms with van der Waals surface area (Å²) in [6.07, 6.45) is 6.89. The van der Waals surface area contributed by atoms with Crippen molar-refractivity contribution in [3.05, 3.63) is 24.2 Å². The van der Waals surface area contributed by atoms with Gasteiger partial charge in [-0.15, -0.1) is 12.3 Å². The Morgan fingerprint density at radius 2 is 2.47 bits per heavy atom. The molecule has 0 aliphatic rings. The van der Waals surface area contributed by atoms with Crippen molar-refractivity contribution in [2.45, 2.75) is 32.1 Å². The van der Waals surface area contributed by atoms with Crippen LogP contribution in [0.15, 0.2) is 22.8 Å². The van der Waals surface area contributed by atoms with Crippen LogP contribution in [0.4, 0.5) is 0 Å². The van der Waals surface area contributed by atoms with Crippen molar-refractivity contribution in [1.82, 2.24) is 5.32 Å². The van der Waals surface area contributed by atoms with E-state index in [1.54, 1.807) is 12.3 Å². The fraction of sp³-hybridized carbons (Fsp3) is 0.538. The van der Waals surface area contributed by atoms with Gasteiger partial charge in [0.15, 0.2) is 0 Å². The van der Waals surface area contributed by atoms with Crippen LogP contribution in [0.2, 0.25) is 0 Å². The second-order valence-corrected chi connectivity index (χ2v) is 3.97. The average Bonchev–Trinajstić information content (AvgIpc) is 2.80. The van der Waals surface area contributed by atoms with Crippen LogP contribution in [0, 0.1) is 12.3 Å². The van der Waals surface area contributed by atoms with Crippen LogP contribution in [0.1, 0.15) is 19.1 Å². The fourth-order valence-corrected chi connectivity index (χ4v) is 1.34. The molecule has 17 heavy (non-hydrogen) atoms. The first kappa shape index (κ1) is 13.8. The Balaban J connectivity index is 2.05. The molecule has 0 radical (unpaired) electrons. The number of hydrogen-bond acceptors (Lipinski definition) is 4. The van der Waals surface area contributed by atoms with Crippen molar-refractivity contribution >= 4 is 0 Å². The van der Waals surface area contributed by atoms with Gasteiger partial charge >= 0.3 is 0 Å². The van der Waals surface area contributed by atoms with Crippen molar-refractivity contribution in [2.24, 2.45) is 0 Å². The van der Waals surface area contributed by atoms with Crippen molar-refractivity contribution < 1.29 is 14.3 Å². The Labute approximate surface area is 102 Å². The van der Waals surface area contributed by atoms with Crippen LogP contribution in [0.3, 0.4) is 0 Å². The number of ether oxygens (including phenoxy) is 1. The molecule has 0 spiro atoms. The minimum absolute atomic E-state index is 0.208. The zero-order valence-electron chi connectivity index (χ0n) is 10.1. The molecule has 0 aliphatic heterocycles. The number of nitrogens with one attached hydrogen (secondary N) is 1. The van der Waals surface area contributed by atoms with Gasteiger partial charge in [0.05, 0.1) is 19.0 Å². The normalized spacial score (nSPS) is 14.2. The van der Waals surface area contributed by atoms with Crippen molar-refractivity contribution in [3.63, 3.8) is 0 Å². The third-order valence-electron chi connectivity index (χ3n) is 2.26. The van der Waals surface area contributed by atoms with Crippen LogP contribution < -0.4 is 5.32 Å². The van der Waals surface area contributed by atoms with E-state index in [9.17, 15) is 5.11 Å². The number of aliphatic hydroxyl groups is 1. The highest BCUT2D eigenvalue weighted by Crippen LogP contribution is 2.02. The molecule has 4 nitrogen and oxygen atoms in total. The molecular weight excluding hydrogens is 218 g/mol.